The fraction of sp³-hybridized carbons (Fsp3) is 0.333. The molecule has 1 aliphatic rings. The fourth-order valence-electron chi connectivity index (χ4n) is 1.94. The van der Waals surface area contributed by atoms with Gasteiger partial charge >= 0.3 is 0 Å². The summed E-state index contributed by atoms with van der Waals surface area (Å²) in [5.41, 5.74) is 0.893. The van der Waals surface area contributed by atoms with Gasteiger partial charge in [0.05, 0.1) is 0 Å². The Morgan fingerprint density at radius 1 is 1.53 bits per heavy atom. The Hall–Kier alpha value is -1.55. The molecular weight excluding hydrogens is 242 g/mol. The van der Waals surface area contributed by atoms with E-state index in [1.807, 2.05) is 6.07 Å². The first-order valence-electron chi connectivity index (χ1n) is 5.29. The van der Waals surface area contributed by atoms with Crippen molar-refractivity contribution in [2.24, 2.45) is 5.92 Å². The molecule has 0 aliphatic carbocycles. The molecule has 4 nitrogen and oxygen atoms in total. The molecule has 5 heteroatoms. The number of carboxylic acids is 1. The number of halogens is 1. The third-order valence-corrected chi connectivity index (χ3v) is 3.05. The highest BCUT2D eigenvalue weighted by Gasteiger charge is 2.30. The normalized spacial score (nSPS) is 19.7. The highest BCUT2D eigenvalue weighted by Crippen LogP contribution is 2.20. The molecule has 2 rings (SSSR count). The van der Waals surface area contributed by atoms with Crippen molar-refractivity contribution in [2.75, 3.05) is 6.54 Å². The molecule has 1 amide bonds. The minimum absolute atomic E-state index is 0.0307. The molecule has 1 fully saturated rings. The molecule has 1 aromatic rings. The predicted molar refractivity (Wildman–Crippen MR) is 60.0 cm³/mol. The lowest BCUT2D eigenvalue weighted by atomic mass is 10.1. The summed E-state index contributed by atoms with van der Waals surface area (Å²) >= 11 is 5.84. The van der Waals surface area contributed by atoms with Gasteiger partial charge in [0.15, 0.2) is 0 Å². The van der Waals surface area contributed by atoms with Gasteiger partial charge in [-0.25, -0.2) is 0 Å². The zero-order valence-corrected chi connectivity index (χ0v) is 9.81. The maximum absolute atomic E-state index is 11.6. The molecule has 0 radical (unpaired) electrons. The first-order chi connectivity index (χ1) is 8.06. The van der Waals surface area contributed by atoms with Crippen LogP contribution in [0.25, 0.3) is 0 Å². The van der Waals surface area contributed by atoms with E-state index in [1.165, 1.54) is 4.90 Å². The maximum Gasteiger partial charge on any atom is 0.223 e. The van der Waals surface area contributed by atoms with E-state index >= 15 is 0 Å². The summed E-state index contributed by atoms with van der Waals surface area (Å²) in [4.78, 5) is 23.8. The average Bonchev–Trinajstić information content (AvgIpc) is 2.61. The van der Waals surface area contributed by atoms with Crippen LogP contribution in [0.3, 0.4) is 0 Å². The van der Waals surface area contributed by atoms with Crippen molar-refractivity contribution in [3.8, 4) is 0 Å². The minimum atomic E-state index is -1.16. The molecule has 0 unspecified atom stereocenters. The first kappa shape index (κ1) is 11.9. The van der Waals surface area contributed by atoms with E-state index in [-0.39, 0.29) is 18.9 Å². The second-order valence-electron chi connectivity index (χ2n) is 4.12. The molecule has 0 N–H and O–H groups in total. The maximum atomic E-state index is 11.6. The van der Waals surface area contributed by atoms with Crippen molar-refractivity contribution >= 4 is 23.5 Å². The number of likely N-dealkylation sites (tertiary alicyclic amines) is 1. The lowest BCUT2D eigenvalue weighted by molar-refractivity contribution is -0.311. The van der Waals surface area contributed by atoms with Crippen LogP contribution in [0.1, 0.15) is 12.0 Å². The Kier molecular flexibility index (Phi) is 3.33. The Balaban J connectivity index is 2.05. The molecule has 1 saturated heterocycles. The molecule has 1 atom stereocenters. The number of amides is 1. The van der Waals surface area contributed by atoms with Crippen LogP contribution in [0.5, 0.6) is 0 Å². The number of nitrogens with zero attached hydrogens (tertiary/aromatic N) is 1. The molecule has 1 aromatic carbocycles. The third-order valence-electron chi connectivity index (χ3n) is 2.81. The molecule has 0 saturated carbocycles. The Morgan fingerprint density at radius 3 is 2.88 bits per heavy atom. The molecule has 1 aliphatic heterocycles. The van der Waals surface area contributed by atoms with Crippen molar-refractivity contribution in [3.63, 3.8) is 0 Å². The van der Waals surface area contributed by atoms with Gasteiger partial charge in [0.2, 0.25) is 5.91 Å². The number of hydrogen-bond acceptors (Lipinski definition) is 3. The smallest absolute Gasteiger partial charge is 0.223 e. The van der Waals surface area contributed by atoms with Gasteiger partial charge in [0.25, 0.3) is 0 Å². The number of carboxylic acid groups (broad SMARTS) is 1. The summed E-state index contributed by atoms with van der Waals surface area (Å²) < 4.78 is 0. The van der Waals surface area contributed by atoms with E-state index in [0.29, 0.717) is 11.6 Å². The second-order valence-corrected chi connectivity index (χ2v) is 4.56. The average molecular weight is 253 g/mol. The predicted octanol–water partition coefficient (Wildman–Crippen LogP) is 0.438. The highest BCUT2D eigenvalue weighted by atomic mass is 35.5. The largest absolute Gasteiger partial charge is 0.550 e. The monoisotopic (exact) mass is 252 g/mol. The first-order valence-corrected chi connectivity index (χ1v) is 5.67. The van der Waals surface area contributed by atoms with Crippen LogP contribution in [-0.4, -0.2) is 23.3 Å². The van der Waals surface area contributed by atoms with Crippen molar-refractivity contribution < 1.29 is 14.7 Å². The van der Waals surface area contributed by atoms with E-state index < -0.39 is 11.9 Å². The van der Waals surface area contributed by atoms with Crippen LogP contribution in [0.15, 0.2) is 24.3 Å². The quantitative estimate of drug-likeness (QED) is 0.784. The zero-order chi connectivity index (χ0) is 12.4. The lowest BCUT2D eigenvalue weighted by Gasteiger charge is -2.17. The summed E-state index contributed by atoms with van der Waals surface area (Å²) in [7, 11) is 0. The molecule has 90 valence electrons. The SMILES string of the molecule is O=C([O-])[C@@H]1CC(=O)N(Cc2cccc(Cl)c2)C1. The molecule has 0 spiro atoms. The number of carbonyl (C=O) groups excluding carboxylic acids is 2. The molecule has 1 heterocycles. The fourth-order valence-corrected chi connectivity index (χ4v) is 2.15. The van der Waals surface area contributed by atoms with E-state index in [4.69, 9.17) is 11.6 Å². The van der Waals surface area contributed by atoms with Gasteiger partial charge < -0.3 is 14.8 Å². The molecule has 0 aromatic heterocycles. The number of aliphatic carboxylic acids is 1. The van der Waals surface area contributed by atoms with E-state index in [1.54, 1.807) is 18.2 Å². The zero-order valence-electron chi connectivity index (χ0n) is 9.06. The number of benzene rings is 1. The summed E-state index contributed by atoms with van der Waals surface area (Å²) in [6.07, 6.45) is 0.0307. The Bertz CT molecular complexity index is 461. The van der Waals surface area contributed by atoms with Crippen LogP contribution in [0.4, 0.5) is 0 Å². The minimum Gasteiger partial charge on any atom is -0.550 e. The number of rotatable bonds is 3. The highest BCUT2D eigenvalue weighted by molar-refractivity contribution is 6.30. The van der Waals surface area contributed by atoms with Gasteiger partial charge in [-0.05, 0) is 17.7 Å². The van der Waals surface area contributed by atoms with Gasteiger partial charge in [-0.15, -0.1) is 0 Å². The second kappa shape index (κ2) is 4.75. The van der Waals surface area contributed by atoms with E-state index in [9.17, 15) is 14.7 Å². The molecule has 17 heavy (non-hydrogen) atoms. The standard InChI is InChI=1S/C12H12ClNO3/c13-10-3-1-2-8(4-10)6-14-7-9(12(16)17)5-11(14)15/h1-4,9H,5-7H2,(H,16,17)/p-1/t9-/m1/s1. The van der Waals surface area contributed by atoms with Crippen molar-refractivity contribution in [2.45, 2.75) is 13.0 Å². The van der Waals surface area contributed by atoms with Crippen LogP contribution in [-0.2, 0) is 16.1 Å². The Morgan fingerprint density at radius 2 is 2.29 bits per heavy atom. The van der Waals surface area contributed by atoms with Crippen LogP contribution < -0.4 is 5.11 Å². The van der Waals surface area contributed by atoms with Gasteiger partial charge in [0.1, 0.15) is 0 Å². The van der Waals surface area contributed by atoms with Crippen LogP contribution in [0, 0.1) is 5.92 Å². The van der Waals surface area contributed by atoms with Gasteiger partial charge in [-0.3, -0.25) is 4.79 Å². The van der Waals surface area contributed by atoms with Gasteiger partial charge in [0, 0.05) is 36.4 Å². The van der Waals surface area contributed by atoms with Crippen molar-refractivity contribution in [1.29, 1.82) is 0 Å². The topological polar surface area (TPSA) is 60.4 Å². The summed E-state index contributed by atoms with van der Waals surface area (Å²) in [5.74, 6) is -2.01. The molecule has 0 bridgehead atoms. The summed E-state index contributed by atoms with van der Waals surface area (Å²) in [6.45, 7) is 0.608. The Labute approximate surface area is 104 Å². The summed E-state index contributed by atoms with van der Waals surface area (Å²) in [5, 5.41) is 11.3. The van der Waals surface area contributed by atoms with Crippen molar-refractivity contribution in [1.82, 2.24) is 4.90 Å². The summed E-state index contributed by atoms with van der Waals surface area (Å²) in [6, 6.07) is 7.17. The third kappa shape index (κ3) is 2.77. The van der Waals surface area contributed by atoms with Crippen LogP contribution >= 0.6 is 11.6 Å². The number of hydrogen-bond donors (Lipinski definition) is 0. The van der Waals surface area contributed by atoms with Crippen LogP contribution in [0.2, 0.25) is 5.02 Å². The van der Waals surface area contributed by atoms with E-state index in [2.05, 4.69) is 0 Å². The number of carbonyl (C=O) groups is 2. The molecular formula is C12H11ClNO3-. The van der Waals surface area contributed by atoms with Gasteiger partial charge in [-0.2, -0.15) is 0 Å². The lowest BCUT2D eigenvalue weighted by Crippen LogP contribution is -2.33. The van der Waals surface area contributed by atoms with Crippen molar-refractivity contribution in [3.05, 3.63) is 34.9 Å². The van der Waals surface area contributed by atoms with Gasteiger partial charge in [-0.1, -0.05) is 23.7 Å². The van der Waals surface area contributed by atoms with E-state index in [0.717, 1.165) is 5.56 Å².